The number of benzene rings is 3. The van der Waals surface area contributed by atoms with Crippen LogP contribution in [-0.2, 0) is 0 Å². The molecule has 4 rings (SSSR count). The number of methoxy groups -OCH3 is 2. The molecule has 0 radical (unpaired) electrons. The Morgan fingerprint density at radius 2 is 1.59 bits per heavy atom. The largest absolute Gasteiger partial charge is 0.497 e. The van der Waals surface area contributed by atoms with E-state index in [1.165, 1.54) is 0 Å². The van der Waals surface area contributed by atoms with Crippen molar-refractivity contribution in [2.24, 2.45) is 0 Å². The Kier molecular flexibility index (Phi) is 6.27. The lowest BCUT2D eigenvalue weighted by molar-refractivity contribution is 0.102. The highest BCUT2D eigenvalue weighted by molar-refractivity contribution is 6.05. The third-order valence-electron chi connectivity index (χ3n) is 4.81. The van der Waals surface area contributed by atoms with Gasteiger partial charge in [-0.3, -0.25) is 4.79 Å². The van der Waals surface area contributed by atoms with Crippen LogP contribution in [0.25, 0.3) is 11.3 Å². The van der Waals surface area contributed by atoms with E-state index in [9.17, 15) is 4.79 Å². The van der Waals surface area contributed by atoms with Gasteiger partial charge < -0.3 is 20.1 Å². The molecular formula is C25H22N4O3. The summed E-state index contributed by atoms with van der Waals surface area (Å²) >= 11 is 0. The third-order valence-corrected chi connectivity index (χ3v) is 4.81. The van der Waals surface area contributed by atoms with Crippen molar-refractivity contribution in [2.75, 3.05) is 24.9 Å². The molecule has 0 spiro atoms. The minimum atomic E-state index is -0.243. The molecule has 2 N–H and O–H groups in total. The van der Waals surface area contributed by atoms with Gasteiger partial charge in [-0.1, -0.05) is 30.3 Å². The monoisotopic (exact) mass is 426 g/mol. The Morgan fingerprint density at radius 3 is 2.25 bits per heavy atom. The quantitative estimate of drug-likeness (QED) is 0.425. The zero-order valence-corrected chi connectivity index (χ0v) is 17.7. The second kappa shape index (κ2) is 9.61. The van der Waals surface area contributed by atoms with E-state index in [2.05, 4.69) is 20.8 Å². The number of rotatable bonds is 7. The summed E-state index contributed by atoms with van der Waals surface area (Å²) < 4.78 is 10.5. The average molecular weight is 426 g/mol. The molecule has 7 nitrogen and oxygen atoms in total. The van der Waals surface area contributed by atoms with Crippen LogP contribution in [-0.4, -0.2) is 30.3 Å². The van der Waals surface area contributed by atoms with Gasteiger partial charge in [0.1, 0.15) is 11.5 Å². The van der Waals surface area contributed by atoms with Crippen LogP contribution >= 0.6 is 0 Å². The van der Waals surface area contributed by atoms with Gasteiger partial charge in [0, 0.05) is 22.9 Å². The molecule has 32 heavy (non-hydrogen) atoms. The lowest BCUT2D eigenvalue weighted by Crippen LogP contribution is -2.12. The molecule has 4 aromatic rings. The fraction of sp³-hybridized carbons (Fsp3) is 0.0800. The van der Waals surface area contributed by atoms with Gasteiger partial charge in [0.2, 0.25) is 0 Å². The summed E-state index contributed by atoms with van der Waals surface area (Å²) in [4.78, 5) is 12.6. The second-order valence-electron chi connectivity index (χ2n) is 6.89. The minimum Gasteiger partial charge on any atom is -0.497 e. The summed E-state index contributed by atoms with van der Waals surface area (Å²) in [6.45, 7) is 0. The van der Waals surface area contributed by atoms with Crippen molar-refractivity contribution in [1.82, 2.24) is 10.2 Å². The molecule has 0 bridgehead atoms. The van der Waals surface area contributed by atoms with E-state index in [0.29, 0.717) is 28.6 Å². The van der Waals surface area contributed by atoms with E-state index in [-0.39, 0.29) is 5.91 Å². The summed E-state index contributed by atoms with van der Waals surface area (Å²) in [5.74, 6) is 1.54. The first-order chi connectivity index (χ1) is 15.7. The first-order valence-electron chi connectivity index (χ1n) is 9.96. The number of amides is 1. The maximum Gasteiger partial charge on any atom is 0.255 e. The molecule has 0 saturated carbocycles. The maximum atomic E-state index is 12.6. The fourth-order valence-electron chi connectivity index (χ4n) is 3.11. The van der Waals surface area contributed by atoms with Crippen LogP contribution in [0.4, 0.5) is 17.2 Å². The third kappa shape index (κ3) is 4.84. The Hall–Kier alpha value is -4.39. The van der Waals surface area contributed by atoms with Crippen LogP contribution in [0.5, 0.6) is 11.5 Å². The normalized spacial score (nSPS) is 10.3. The van der Waals surface area contributed by atoms with E-state index < -0.39 is 0 Å². The van der Waals surface area contributed by atoms with Gasteiger partial charge in [-0.05, 0) is 48.5 Å². The van der Waals surface area contributed by atoms with Gasteiger partial charge in [-0.15, -0.1) is 10.2 Å². The summed E-state index contributed by atoms with van der Waals surface area (Å²) in [7, 11) is 3.12. The van der Waals surface area contributed by atoms with Crippen LogP contribution in [0.15, 0.2) is 84.9 Å². The average Bonchev–Trinajstić information content (AvgIpc) is 2.85. The van der Waals surface area contributed by atoms with E-state index in [4.69, 9.17) is 9.47 Å². The number of nitrogens with one attached hydrogen (secondary N) is 2. The smallest absolute Gasteiger partial charge is 0.255 e. The number of hydrogen-bond acceptors (Lipinski definition) is 6. The minimum absolute atomic E-state index is 0.243. The standard InChI is InChI=1S/C25H22N4O3/c1-31-20-12-13-22(23(16-20)32-2)27-25(30)18-8-10-19(11-9-18)26-24-15-14-21(28-29-24)17-6-4-3-5-7-17/h3-16H,1-2H3,(H,26,29)(H,27,30). The first kappa shape index (κ1) is 20.9. The lowest BCUT2D eigenvalue weighted by atomic mass is 10.1. The topological polar surface area (TPSA) is 85.4 Å². The molecule has 7 heteroatoms. The Labute approximate surface area is 186 Å². The highest BCUT2D eigenvalue weighted by Crippen LogP contribution is 2.29. The van der Waals surface area contributed by atoms with Crippen molar-refractivity contribution in [1.29, 1.82) is 0 Å². The molecule has 1 heterocycles. The second-order valence-corrected chi connectivity index (χ2v) is 6.89. The molecule has 0 saturated heterocycles. The summed E-state index contributed by atoms with van der Waals surface area (Å²) in [5, 5.41) is 14.5. The highest BCUT2D eigenvalue weighted by Gasteiger charge is 2.11. The molecule has 0 fully saturated rings. The van der Waals surface area contributed by atoms with Gasteiger partial charge in [-0.2, -0.15) is 0 Å². The molecule has 0 unspecified atom stereocenters. The molecule has 1 amide bonds. The SMILES string of the molecule is COc1ccc(NC(=O)c2ccc(Nc3ccc(-c4ccccc4)nn3)cc2)c(OC)c1. The molecule has 0 aliphatic carbocycles. The van der Waals surface area contributed by atoms with Gasteiger partial charge in [0.25, 0.3) is 5.91 Å². The van der Waals surface area contributed by atoms with Crippen LogP contribution in [0.3, 0.4) is 0 Å². The highest BCUT2D eigenvalue weighted by atomic mass is 16.5. The molecule has 0 aliphatic rings. The number of aromatic nitrogens is 2. The predicted octanol–water partition coefficient (Wildman–Crippen LogP) is 5.16. The van der Waals surface area contributed by atoms with E-state index in [1.54, 1.807) is 44.6 Å². The summed E-state index contributed by atoms with van der Waals surface area (Å²) in [6.07, 6.45) is 0. The van der Waals surface area contributed by atoms with Crippen LogP contribution in [0.2, 0.25) is 0 Å². The number of anilines is 3. The Morgan fingerprint density at radius 1 is 0.812 bits per heavy atom. The lowest BCUT2D eigenvalue weighted by Gasteiger charge is -2.12. The van der Waals surface area contributed by atoms with Crippen LogP contribution in [0.1, 0.15) is 10.4 Å². The van der Waals surface area contributed by atoms with Gasteiger partial charge >= 0.3 is 0 Å². The molecule has 1 aromatic heterocycles. The van der Waals surface area contributed by atoms with Crippen molar-refractivity contribution in [3.05, 3.63) is 90.5 Å². The van der Waals surface area contributed by atoms with Gasteiger partial charge in [-0.25, -0.2) is 0 Å². The molecule has 3 aromatic carbocycles. The Balaban J connectivity index is 1.41. The van der Waals surface area contributed by atoms with Crippen LogP contribution in [0, 0.1) is 0 Å². The number of carbonyl (C=O) groups excluding carboxylic acids is 1. The maximum absolute atomic E-state index is 12.6. The van der Waals surface area contributed by atoms with Crippen molar-refractivity contribution < 1.29 is 14.3 Å². The Bertz CT molecular complexity index is 1190. The van der Waals surface area contributed by atoms with E-state index in [0.717, 1.165) is 16.9 Å². The molecule has 0 atom stereocenters. The first-order valence-corrected chi connectivity index (χ1v) is 9.96. The van der Waals surface area contributed by atoms with Crippen molar-refractivity contribution >= 4 is 23.1 Å². The van der Waals surface area contributed by atoms with E-state index >= 15 is 0 Å². The van der Waals surface area contributed by atoms with Crippen molar-refractivity contribution in [3.8, 4) is 22.8 Å². The summed E-state index contributed by atoms with van der Waals surface area (Å²) in [6, 6.07) is 26.0. The number of carbonyl (C=O) groups is 1. The van der Waals surface area contributed by atoms with Gasteiger partial charge in [0.15, 0.2) is 5.82 Å². The predicted molar refractivity (Wildman–Crippen MR) is 125 cm³/mol. The number of nitrogens with zero attached hydrogens (tertiary/aromatic N) is 2. The summed E-state index contributed by atoms with van der Waals surface area (Å²) in [5.41, 5.74) is 3.69. The number of hydrogen-bond donors (Lipinski definition) is 2. The fourth-order valence-corrected chi connectivity index (χ4v) is 3.11. The molecule has 160 valence electrons. The van der Waals surface area contributed by atoms with Crippen molar-refractivity contribution in [2.45, 2.75) is 0 Å². The van der Waals surface area contributed by atoms with E-state index in [1.807, 2.05) is 54.6 Å². The zero-order valence-electron chi connectivity index (χ0n) is 17.7. The van der Waals surface area contributed by atoms with Crippen LogP contribution < -0.4 is 20.1 Å². The molecule has 0 aliphatic heterocycles. The zero-order chi connectivity index (χ0) is 22.3. The molecular weight excluding hydrogens is 404 g/mol. The number of ether oxygens (including phenoxy) is 2. The van der Waals surface area contributed by atoms with Crippen molar-refractivity contribution in [3.63, 3.8) is 0 Å². The van der Waals surface area contributed by atoms with Gasteiger partial charge in [0.05, 0.1) is 25.6 Å².